The van der Waals surface area contributed by atoms with E-state index in [-0.39, 0.29) is 12.5 Å². The number of nitrogens with zero attached hydrogens (tertiary/aromatic N) is 2. The van der Waals surface area contributed by atoms with Crippen LogP contribution in [0.5, 0.6) is 0 Å². The molecule has 4 rings (SSSR count). The van der Waals surface area contributed by atoms with Gasteiger partial charge in [0, 0.05) is 40.0 Å². The standard InChI is InChI=1S/C23H18BrCl2N3O2/c24-16-6-2-14(3-7-16)20-21(15-4-8-17(25)9-5-15)29-13-18(26)12-19(22(29)28-20)23(31)27-10-1-11-30/h2-9,12-13,30H,1,10-11H2,(H,27,31). The van der Waals surface area contributed by atoms with Crippen molar-refractivity contribution in [3.63, 3.8) is 0 Å². The summed E-state index contributed by atoms with van der Waals surface area (Å²) < 4.78 is 2.80. The second-order valence-electron chi connectivity index (χ2n) is 6.92. The normalized spacial score (nSPS) is 11.1. The molecule has 0 radical (unpaired) electrons. The Morgan fingerprint density at radius 2 is 1.71 bits per heavy atom. The molecular weight excluding hydrogens is 501 g/mol. The number of imidazole rings is 1. The molecule has 2 aromatic heterocycles. The number of fused-ring (bicyclic) bond motifs is 1. The zero-order chi connectivity index (χ0) is 22.0. The zero-order valence-corrected chi connectivity index (χ0v) is 19.4. The second kappa shape index (κ2) is 9.40. The molecular formula is C23H18BrCl2N3O2. The Hall–Kier alpha value is -2.38. The molecule has 0 saturated heterocycles. The average molecular weight is 519 g/mol. The second-order valence-corrected chi connectivity index (χ2v) is 8.71. The summed E-state index contributed by atoms with van der Waals surface area (Å²) in [6.45, 7) is 0.362. The molecule has 0 atom stereocenters. The molecule has 0 aliphatic rings. The SMILES string of the molecule is O=C(NCCCO)c1cc(Cl)cn2c(-c3ccc(Cl)cc3)c(-c3ccc(Br)cc3)nc12. The minimum absolute atomic E-state index is 0.00302. The van der Waals surface area contributed by atoms with Gasteiger partial charge in [0.2, 0.25) is 0 Å². The molecule has 0 unspecified atom stereocenters. The van der Waals surface area contributed by atoms with Crippen LogP contribution in [0.4, 0.5) is 0 Å². The first-order valence-electron chi connectivity index (χ1n) is 9.60. The zero-order valence-electron chi connectivity index (χ0n) is 16.3. The summed E-state index contributed by atoms with van der Waals surface area (Å²) in [5.74, 6) is -0.295. The Morgan fingerprint density at radius 1 is 1.03 bits per heavy atom. The number of aliphatic hydroxyl groups excluding tert-OH is 1. The van der Waals surface area contributed by atoms with E-state index >= 15 is 0 Å². The van der Waals surface area contributed by atoms with E-state index in [1.54, 1.807) is 12.3 Å². The molecule has 2 aromatic carbocycles. The molecule has 0 saturated carbocycles. The minimum Gasteiger partial charge on any atom is -0.396 e. The minimum atomic E-state index is -0.295. The number of halogens is 3. The topological polar surface area (TPSA) is 66.6 Å². The highest BCUT2D eigenvalue weighted by atomic mass is 79.9. The largest absolute Gasteiger partial charge is 0.396 e. The van der Waals surface area contributed by atoms with Crippen molar-refractivity contribution in [2.45, 2.75) is 6.42 Å². The lowest BCUT2D eigenvalue weighted by atomic mass is 10.0. The van der Waals surface area contributed by atoms with Crippen LogP contribution in [0, 0.1) is 0 Å². The number of nitrogens with one attached hydrogen (secondary N) is 1. The Bertz CT molecular complexity index is 1240. The molecule has 5 nitrogen and oxygen atoms in total. The Labute approximate surface area is 197 Å². The van der Waals surface area contributed by atoms with E-state index in [9.17, 15) is 4.79 Å². The van der Waals surface area contributed by atoms with Gasteiger partial charge >= 0.3 is 0 Å². The van der Waals surface area contributed by atoms with E-state index in [0.717, 1.165) is 27.0 Å². The third kappa shape index (κ3) is 4.62. The third-order valence-corrected chi connectivity index (χ3v) is 5.77. The molecule has 158 valence electrons. The molecule has 8 heteroatoms. The number of hydrogen-bond acceptors (Lipinski definition) is 3. The van der Waals surface area contributed by atoms with Crippen LogP contribution in [0.2, 0.25) is 10.0 Å². The van der Waals surface area contributed by atoms with Gasteiger partial charge in [-0.15, -0.1) is 0 Å². The van der Waals surface area contributed by atoms with Gasteiger partial charge in [-0.1, -0.05) is 63.4 Å². The van der Waals surface area contributed by atoms with E-state index in [0.29, 0.717) is 34.2 Å². The van der Waals surface area contributed by atoms with Gasteiger partial charge in [-0.25, -0.2) is 4.98 Å². The van der Waals surface area contributed by atoms with Crippen LogP contribution in [-0.4, -0.2) is 33.6 Å². The summed E-state index contributed by atoms with van der Waals surface area (Å²) in [7, 11) is 0. The Balaban J connectivity index is 1.95. The first-order valence-corrected chi connectivity index (χ1v) is 11.2. The Kier molecular flexibility index (Phi) is 6.62. The van der Waals surface area contributed by atoms with Crippen molar-refractivity contribution >= 4 is 50.7 Å². The van der Waals surface area contributed by atoms with Gasteiger partial charge in [0.25, 0.3) is 5.91 Å². The number of hydrogen-bond donors (Lipinski definition) is 2. The van der Waals surface area contributed by atoms with Crippen LogP contribution < -0.4 is 5.32 Å². The fraction of sp³-hybridized carbons (Fsp3) is 0.130. The van der Waals surface area contributed by atoms with Gasteiger partial charge in [0.15, 0.2) is 5.65 Å². The van der Waals surface area contributed by atoms with E-state index in [4.69, 9.17) is 33.3 Å². The number of rotatable bonds is 6. The van der Waals surface area contributed by atoms with Gasteiger partial charge in [-0.2, -0.15) is 0 Å². The molecule has 4 aromatic rings. The molecule has 2 heterocycles. The van der Waals surface area contributed by atoms with Crippen molar-refractivity contribution in [1.29, 1.82) is 0 Å². The van der Waals surface area contributed by atoms with Crippen LogP contribution in [0.25, 0.3) is 28.2 Å². The van der Waals surface area contributed by atoms with Crippen LogP contribution in [0.3, 0.4) is 0 Å². The first kappa shape index (κ1) is 21.8. The van der Waals surface area contributed by atoms with Crippen LogP contribution in [0.15, 0.2) is 65.3 Å². The highest BCUT2D eigenvalue weighted by Crippen LogP contribution is 2.35. The maximum absolute atomic E-state index is 12.8. The molecule has 2 N–H and O–H groups in total. The maximum Gasteiger partial charge on any atom is 0.255 e. The summed E-state index contributed by atoms with van der Waals surface area (Å²) in [6, 6.07) is 16.9. The van der Waals surface area contributed by atoms with Crippen LogP contribution in [0.1, 0.15) is 16.8 Å². The highest BCUT2D eigenvalue weighted by molar-refractivity contribution is 9.10. The van der Waals surface area contributed by atoms with E-state index < -0.39 is 0 Å². The van der Waals surface area contributed by atoms with Gasteiger partial charge in [-0.3, -0.25) is 9.20 Å². The molecule has 0 fully saturated rings. The highest BCUT2D eigenvalue weighted by Gasteiger charge is 2.21. The maximum atomic E-state index is 12.8. The lowest BCUT2D eigenvalue weighted by Crippen LogP contribution is -2.25. The van der Waals surface area contributed by atoms with Crippen molar-refractivity contribution in [2.75, 3.05) is 13.2 Å². The van der Waals surface area contributed by atoms with Crippen molar-refractivity contribution in [2.24, 2.45) is 0 Å². The smallest absolute Gasteiger partial charge is 0.255 e. The summed E-state index contributed by atoms with van der Waals surface area (Å²) in [5, 5.41) is 12.8. The van der Waals surface area contributed by atoms with Gasteiger partial charge in [0.05, 0.1) is 22.0 Å². The summed E-state index contributed by atoms with van der Waals surface area (Å²) in [5.41, 5.74) is 4.18. The van der Waals surface area contributed by atoms with Crippen molar-refractivity contribution in [1.82, 2.24) is 14.7 Å². The van der Waals surface area contributed by atoms with Gasteiger partial charge in [0.1, 0.15) is 0 Å². The van der Waals surface area contributed by atoms with Crippen molar-refractivity contribution < 1.29 is 9.90 Å². The average Bonchev–Trinajstić information content (AvgIpc) is 3.13. The van der Waals surface area contributed by atoms with Gasteiger partial charge in [-0.05, 0) is 36.8 Å². The van der Waals surface area contributed by atoms with Gasteiger partial charge < -0.3 is 10.4 Å². The predicted molar refractivity (Wildman–Crippen MR) is 128 cm³/mol. The molecule has 0 spiro atoms. The number of aromatic nitrogens is 2. The lowest BCUT2D eigenvalue weighted by Gasteiger charge is -2.09. The summed E-state index contributed by atoms with van der Waals surface area (Å²) in [6.07, 6.45) is 2.22. The Morgan fingerprint density at radius 3 is 2.39 bits per heavy atom. The quantitative estimate of drug-likeness (QED) is 0.314. The van der Waals surface area contributed by atoms with Crippen LogP contribution >= 0.6 is 39.1 Å². The monoisotopic (exact) mass is 517 g/mol. The number of pyridine rings is 1. The first-order chi connectivity index (χ1) is 15.0. The molecule has 0 aliphatic carbocycles. The van der Waals surface area contributed by atoms with E-state index in [2.05, 4.69) is 21.2 Å². The van der Waals surface area contributed by atoms with E-state index in [1.165, 1.54) is 0 Å². The number of benzene rings is 2. The number of carbonyl (C=O) groups excluding carboxylic acids is 1. The third-order valence-electron chi connectivity index (χ3n) is 4.79. The summed E-state index contributed by atoms with van der Waals surface area (Å²) in [4.78, 5) is 17.7. The predicted octanol–water partition coefficient (Wildman–Crippen LogP) is 5.85. The van der Waals surface area contributed by atoms with Crippen molar-refractivity contribution in [3.8, 4) is 22.5 Å². The molecule has 0 bridgehead atoms. The lowest BCUT2D eigenvalue weighted by molar-refractivity contribution is 0.0952. The van der Waals surface area contributed by atoms with Crippen LogP contribution in [-0.2, 0) is 0 Å². The number of aliphatic hydroxyl groups is 1. The van der Waals surface area contributed by atoms with Crippen molar-refractivity contribution in [3.05, 3.63) is 80.9 Å². The van der Waals surface area contributed by atoms with E-state index in [1.807, 2.05) is 52.9 Å². The molecule has 31 heavy (non-hydrogen) atoms. The molecule has 0 aliphatic heterocycles. The summed E-state index contributed by atoms with van der Waals surface area (Å²) >= 11 is 16.0. The number of amides is 1. The fourth-order valence-corrected chi connectivity index (χ4v) is 3.94. The fourth-order valence-electron chi connectivity index (χ4n) is 3.35. The number of carbonyl (C=O) groups is 1. The molecule has 1 amide bonds.